The van der Waals surface area contributed by atoms with Crippen LogP contribution in [0.2, 0.25) is 0 Å². The summed E-state index contributed by atoms with van der Waals surface area (Å²) < 4.78 is 0. The number of rotatable bonds is 6. The van der Waals surface area contributed by atoms with Crippen molar-refractivity contribution >= 4 is 12.0 Å². The van der Waals surface area contributed by atoms with Gasteiger partial charge < -0.3 is 15.7 Å². The zero-order valence-electron chi connectivity index (χ0n) is 10.4. The lowest BCUT2D eigenvalue weighted by molar-refractivity contribution is -0.140. The lowest BCUT2D eigenvalue weighted by atomic mass is 10.1. The summed E-state index contributed by atoms with van der Waals surface area (Å²) in [4.78, 5) is 22.2. The molecule has 0 aromatic rings. The quantitative estimate of drug-likeness (QED) is 0.646. The molecule has 0 radical (unpaired) electrons. The van der Waals surface area contributed by atoms with Crippen molar-refractivity contribution in [2.75, 3.05) is 6.54 Å². The van der Waals surface area contributed by atoms with Crippen LogP contribution in [0, 0.1) is 11.8 Å². The van der Waals surface area contributed by atoms with Crippen molar-refractivity contribution in [3.8, 4) is 0 Å². The van der Waals surface area contributed by atoms with E-state index in [4.69, 9.17) is 5.11 Å². The summed E-state index contributed by atoms with van der Waals surface area (Å²) >= 11 is 0. The van der Waals surface area contributed by atoms with Crippen LogP contribution in [-0.2, 0) is 4.79 Å². The van der Waals surface area contributed by atoms with E-state index in [9.17, 15) is 9.59 Å². The summed E-state index contributed by atoms with van der Waals surface area (Å²) in [6.07, 6.45) is 0.882. The van der Waals surface area contributed by atoms with Gasteiger partial charge in [0.15, 0.2) is 0 Å². The van der Waals surface area contributed by atoms with Crippen LogP contribution in [0.3, 0.4) is 0 Å². The molecule has 5 heteroatoms. The first kappa shape index (κ1) is 14.7. The molecule has 0 unspecified atom stereocenters. The van der Waals surface area contributed by atoms with Crippen molar-refractivity contribution in [2.45, 2.75) is 40.2 Å². The normalized spacial score (nSPS) is 12.6. The number of carbonyl (C=O) groups excluding carboxylic acids is 1. The smallest absolute Gasteiger partial charge is 0.326 e. The van der Waals surface area contributed by atoms with E-state index in [2.05, 4.69) is 24.5 Å². The topological polar surface area (TPSA) is 78.4 Å². The molecular weight excluding hydrogens is 208 g/mol. The summed E-state index contributed by atoms with van der Waals surface area (Å²) in [5.41, 5.74) is 0. The largest absolute Gasteiger partial charge is 0.480 e. The Kier molecular flexibility index (Phi) is 6.53. The number of amides is 2. The number of aliphatic carboxylic acids is 1. The molecule has 16 heavy (non-hydrogen) atoms. The van der Waals surface area contributed by atoms with Gasteiger partial charge in [-0.25, -0.2) is 9.59 Å². The highest BCUT2D eigenvalue weighted by Gasteiger charge is 2.22. The van der Waals surface area contributed by atoms with Crippen LogP contribution < -0.4 is 10.6 Å². The molecule has 0 aliphatic rings. The zero-order chi connectivity index (χ0) is 12.7. The molecule has 5 nitrogen and oxygen atoms in total. The van der Waals surface area contributed by atoms with E-state index in [1.165, 1.54) is 0 Å². The Morgan fingerprint density at radius 1 is 1.19 bits per heavy atom. The van der Waals surface area contributed by atoms with E-state index in [0.29, 0.717) is 12.5 Å². The van der Waals surface area contributed by atoms with Crippen molar-refractivity contribution in [3.63, 3.8) is 0 Å². The van der Waals surface area contributed by atoms with Gasteiger partial charge in [-0.05, 0) is 18.3 Å². The maximum atomic E-state index is 11.4. The Morgan fingerprint density at radius 2 is 1.75 bits per heavy atom. The van der Waals surface area contributed by atoms with Gasteiger partial charge in [0.05, 0.1) is 0 Å². The molecule has 0 rings (SSSR count). The maximum absolute atomic E-state index is 11.4. The lowest BCUT2D eigenvalue weighted by Crippen LogP contribution is -2.48. The second-order valence-corrected chi connectivity index (χ2v) is 4.64. The highest BCUT2D eigenvalue weighted by atomic mass is 16.4. The molecule has 1 atom stereocenters. The third-order valence-electron chi connectivity index (χ3n) is 2.23. The molecule has 2 amide bonds. The number of nitrogens with one attached hydrogen (secondary N) is 2. The van der Waals surface area contributed by atoms with Crippen LogP contribution in [0.15, 0.2) is 0 Å². The van der Waals surface area contributed by atoms with Crippen molar-refractivity contribution in [3.05, 3.63) is 0 Å². The van der Waals surface area contributed by atoms with Crippen molar-refractivity contribution in [2.24, 2.45) is 11.8 Å². The minimum absolute atomic E-state index is 0.131. The van der Waals surface area contributed by atoms with Crippen LogP contribution in [0.25, 0.3) is 0 Å². The van der Waals surface area contributed by atoms with Crippen molar-refractivity contribution in [1.82, 2.24) is 10.6 Å². The monoisotopic (exact) mass is 230 g/mol. The first-order chi connectivity index (χ1) is 7.34. The predicted molar refractivity (Wildman–Crippen MR) is 62.3 cm³/mol. The van der Waals surface area contributed by atoms with E-state index < -0.39 is 18.0 Å². The number of carboxylic acid groups (broad SMARTS) is 1. The second kappa shape index (κ2) is 7.09. The molecule has 0 aromatic carbocycles. The fraction of sp³-hybridized carbons (Fsp3) is 0.818. The summed E-state index contributed by atoms with van der Waals surface area (Å²) in [7, 11) is 0. The maximum Gasteiger partial charge on any atom is 0.326 e. The number of hydrogen-bond acceptors (Lipinski definition) is 2. The average Bonchev–Trinajstić information content (AvgIpc) is 2.12. The van der Waals surface area contributed by atoms with Gasteiger partial charge in [-0.3, -0.25) is 0 Å². The van der Waals surface area contributed by atoms with Crippen molar-refractivity contribution < 1.29 is 14.7 Å². The van der Waals surface area contributed by atoms with Gasteiger partial charge >= 0.3 is 12.0 Å². The zero-order valence-corrected chi connectivity index (χ0v) is 10.4. The Balaban J connectivity index is 3.97. The van der Waals surface area contributed by atoms with Gasteiger partial charge in [-0.15, -0.1) is 0 Å². The molecular formula is C11H22N2O3. The summed E-state index contributed by atoms with van der Waals surface area (Å²) in [5.74, 6) is -0.622. The van der Waals surface area contributed by atoms with E-state index in [1.807, 2.05) is 0 Å². The Hall–Kier alpha value is -1.26. The van der Waals surface area contributed by atoms with Gasteiger partial charge in [0.25, 0.3) is 0 Å². The molecule has 0 aliphatic carbocycles. The minimum Gasteiger partial charge on any atom is -0.480 e. The third kappa shape index (κ3) is 6.27. The van der Waals surface area contributed by atoms with Crippen LogP contribution in [0.1, 0.15) is 34.1 Å². The Labute approximate surface area is 96.6 Å². The Morgan fingerprint density at radius 3 is 2.12 bits per heavy atom. The molecule has 0 aromatic heterocycles. The number of carbonyl (C=O) groups is 2. The summed E-state index contributed by atoms with van der Waals surface area (Å²) in [6.45, 7) is 8.20. The molecule has 0 heterocycles. The predicted octanol–water partition coefficient (Wildman–Crippen LogP) is 1.44. The molecule has 0 aliphatic heterocycles. The first-order valence-corrected chi connectivity index (χ1v) is 5.61. The fourth-order valence-electron chi connectivity index (χ4n) is 1.18. The van der Waals surface area contributed by atoms with Crippen LogP contribution in [0.5, 0.6) is 0 Å². The lowest BCUT2D eigenvalue weighted by Gasteiger charge is -2.18. The fourth-order valence-corrected chi connectivity index (χ4v) is 1.18. The number of urea groups is 1. The third-order valence-corrected chi connectivity index (χ3v) is 2.23. The Bertz CT molecular complexity index is 239. The van der Waals surface area contributed by atoms with Gasteiger partial charge in [0, 0.05) is 6.54 Å². The molecule has 94 valence electrons. The van der Waals surface area contributed by atoms with Crippen LogP contribution in [0.4, 0.5) is 4.79 Å². The number of carboxylic acids is 1. The molecule has 0 saturated carbocycles. The van der Waals surface area contributed by atoms with Gasteiger partial charge in [0.2, 0.25) is 0 Å². The highest BCUT2D eigenvalue weighted by Crippen LogP contribution is 2.01. The molecule has 0 fully saturated rings. The van der Waals surface area contributed by atoms with E-state index in [0.717, 1.165) is 6.42 Å². The molecule has 0 saturated heterocycles. The van der Waals surface area contributed by atoms with E-state index >= 15 is 0 Å². The first-order valence-electron chi connectivity index (χ1n) is 5.61. The SMILES string of the molecule is CC(C)CCNC(=O)N[C@@H](C(=O)O)C(C)C. The highest BCUT2D eigenvalue weighted by molar-refractivity contribution is 5.82. The minimum atomic E-state index is -1.01. The van der Waals surface area contributed by atoms with Crippen LogP contribution in [-0.4, -0.2) is 29.7 Å². The van der Waals surface area contributed by atoms with E-state index in [1.54, 1.807) is 13.8 Å². The van der Waals surface area contributed by atoms with Gasteiger partial charge in [-0.1, -0.05) is 27.7 Å². The van der Waals surface area contributed by atoms with Crippen LogP contribution >= 0.6 is 0 Å². The average molecular weight is 230 g/mol. The summed E-state index contributed by atoms with van der Waals surface area (Å²) in [5, 5.41) is 13.9. The summed E-state index contributed by atoms with van der Waals surface area (Å²) in [6, 6.07) is -1.25. The molecule has 0 bridgehead atoms. The number of hydrogen-bond donors (Lipinski definition) is 3. The molecule has 0 spiro atoms. The molecule has 3 N–H and O–H groups in total. The van der Waals surface area contributed by atoms with E-state index in [-0.39, 0.29) is 5.92 Å². The standard InChI is InChI=1S/C11H22N2O3/c1-7(2)5-6-12-11(16)13-9(8(3)4)10(14)15/h7-9H,5-6H2,1-4H3,(H,14,15)(H2,12,13,16)/t9-/m1/s1. The van der Waals surface area contributed by atoms with Crippen molar-refractivity contribution in [1.29, 1.82) is 0 Å². The second-order valence-electron chi connectivity index (χ2n) is 4.64. The van der Waals surface area contributed by atoms with Gasteiger partial charge in [-0.2, -0.15) is 0 Å². The van der Waals surface area contributed by atoms with Gasteiger partial charge in [0.1, 0.15) is 6.04 Å².